The number of ether oxygens (including phenoxy) is 2. The molecule has 2 heterocycles. The Kier molecular flexibility index (Phi) is 4.24. The van der Waals surface area contributed by atoms with Crippen LogP contribution in [-0.4, -0.2) is 46.7 Å². The molecule has 17 heavy (non-hydrogen) atoms. The molecule has 1 fully saturated rings. The van der Waals surface area contributed by atoms with Crippen molar-refractivity contribution in [3.63, 3.8) is 0 Å². The van der Waals surface area contributed by atoms with Gasteiger partial charge in [-0.1, -0.05) is 0 Å². The number of anilines is 1. The fourth-order valence-electron chi connectivity index (χ4n) is 1.61. The number of hydrogen-bond donors (Lipinski definition) is 1. The average Bonchev–Trinajstić information content (AvgIpc) is 2.89. The van der Waals surface area contributed by atoms with Crippen LogP contribution < -0.4 is 14.8 Å². The summed E-state index contributed by atoms with van der Waals surface area (Å²) in [6.45, 7) is 0.862. The largest absolute Gasteiger partial charge is 0.467 e. The van der Waals surface area contributed by atoms with Crippen molar-refractivity contribution in [1.29, 1.82) is 0 Å². The quantitative estimate of drug-likeness (QED) is 0.848. The molecule has 1 saturated heterocycles. The van der Waals surface area contributed by atoms with Crippen molar-refractivity contribution in [2.24, 2.45) is 0 Å². The molecule has 1 N–H and O–H groups in total. The Balaban J connectivity index is 1.98. The summed E-state index contributed by atoms with van der Waals surface area (Å²) in [5, 5.41) is 3.84. The van der Waals surface area contributed by atoms with E-state index < -0.39 is 0 Å². The average molecular weight is 256 g/mol. The van der Waals surface area contributed by atoms with E-state index in [1.807, 2.05) is 11.8 Å². The van der Waals surface area contributed by atoms with Gasteiger partial charge in [0.25, 0.3) is 0 Å². The molecule has 1 aromatic rings. The lowest BCUT2D eigenvalue weighted by atomic mass is 10.2. The van der Waals surface area contributed by atoms with Gasteiger partial charge in [0.15, 0.2) is 0 Å². The Morgan fingerprint density at radius 3 is 2.47 bits per heavy atom. The number of aromatic nitrogens is 3. The minimum atomic E-state index is 0.262. The second kappa shape index (κ2) is 5.90. The van der Waals surface area contributed by atoms with Gasteiger partial charge in [-0.15, -0.1) is 4.98 Å². The zero-order valence-corrected chi connectivity index (χ0v) is 10.8. The molecule has 0 aliphatic carbocycles. The Labute approximate surface area is 105 Å². The maximum atomic E-state index is 4.98. The van der Waals surface area contributed by atoms with Crippen LogP contribution in [0.25, 0.3) is 0 Å². The van der Waals surface area contributed by atoms with Crippen LogP contribution in [0.5, 0.6) is 12.0 Å². The molecule has 1 aliphatic heterocycles. The fourth-order valence-corrected chi connectivity index (χ4v) is 2.81. The van der Waals surface area contributed by atoms with Gasteiger partial charge in [-0.3, -0.25) is 0 Å². The number of hydrogen-bond acceptors (Lipinski definition) is 7. The van der Waals surface area contributed by atoms with Gasteiger partial charge in [0.1, 0.15) is 0 Å². The Hall–Kier alpha value is -1.24. The molecule has 1 aliphatic rings. The molecule has 0 spiro atoms. The summed E-state index contributed by atoms with van der Waals surface area (Å²) in [5.74, 6) is 1.75. The minimum absolute atomic E-state index is 0.262. The van der Waals surface area contributed by atoms with Crippen LogP contribution in [0.3, 0.4) is 0 Å². The molecule has 0 radical (unpaired) electrons. The highest BCUT2D eigenvalue weighted by Gasteiger charge is 2.16. The molecule has 7 heteroatoms. The second-order valence-electron chi connectivity index (χ2n) is 3.65. The Bertz CT molecular complexity index is 349. The normalized spacial score (nSPS) is 19.1. The molecule has 0 aromatic carbocycles. The lowest BCUT2D eigenvalue weighted by molar-refractivity contribution is 0.341. The van der Waals surface area contributed by atoms with Crippen molar-refractivity contribution in [1.82, 2.24) is 15.0 Å². The molecular formula is C10H16N4O2S. The zero-order valence-electron chi connectivity index (χ0n) is 9.97. The van der Waals surface area contributed by atoms with Crippen molar-refractivity contribution in [3.8, 4) is 12.0 Å². The SMILES string of the molecule is COc1nc(NCC2CCCS2)nc(OC)n1. The summed E-state index contributed by atoms with van der Waals surface area (Å²) < 4.78 is 9.96. The highest BCUT2D eigenvalue weighted by atomic mass is 32.2. The first-order valence-electron chi connectivity index (χ1n) is 5.51. The minimum Gasteiger partial charge on any atom is -0.467 e. The standard InChI is InChI=1S/C10H16N4O2S/c1-15-9-12-8(13-10(14-9)16-2)11-6-7-4-3-5-17-7/h7H,3-6H2,1-2H3,(H,11,12,13,14). The summed E-state index contributed by atoms with van der Waals surface area (Å²) in [6, 6.07) is 0.525. The Morgan fingerprint density at radius 2 is 1.94 bits per heavy atom. The smallest absolute Gasteiger partial charge is 0.324 e. The van der Waals surface area contributed by atoms with Crippen molar-refractivity contribution >= 4 is 17.7 Å². The number of thioether (sulfide) groups is 1. The van der Waals surface area contributed by atoms with Gasteiger partial charge >= 0.3 is 12.0 Å². The summed E-state index contributed by atoms with van der Waals surface area (Å²) >= 11 is 1.99. The van der Waals surface area contributed by atoms with E-state index in [2.05, 4.69) is 20.3 Å². The molecule has 0 saturated carbocycles. The first-order valence-corrected chi connectivity index (χ1v) is 6.56. The van der Waals surface area contributed by atoms with E-state index >= 15 is 0 Å². The number of rotatable bonds is 5. The zero-order chi connectivity index (χ0) is 12.1. The van der Waals surface area contributed by atoms with Crippen molar-refractivity contribution in [2.75, 3.05) is 31.8 Å². The molecule has 2 rings (SSSR count). The van der Waals surface area contributed by atoms with E-state index in [1.165, 1.54) is 32.8 Å². The van der Waals surface area contributed by atoms with Crippen LogP contribution in [-0.2, 0) is 0 Å². The van der Waals surface area contributed by atoms with E-state index in [0.29, 0.717) is 11.2 Å². The first-order chi connectivity index (χ1) is 8.31. The van der Waals surface area contributed by atoms with Crippen LogP contribution in [0, 0.1) is 0 Å². The molecule has 6 nitrogen and oxygen atoms in total. The summed E-state index contributed by atoms with van der Waals surface area (Å²) in [7, 11) is 3.04. The van der Waals surface area contributed by atoms with Gasteiger partial charge in [0.2, 0.25) is 5.95 Å². The van der Waals surface area contributed by atoms with E-state index in [-0.39, 0.29) is 12.0 Å². The molecule has 0 amide bonds. The Morgan fingerprint density at radius 1 is 1.24 bits per heavy atom. The number of methoxy groups -OCH3 is 2. The van der Waals surface area contributed by atoms with Gasteiger partial charge in [0.05, 0.1) is 14.2 Å². The molecule has 94 valence electrons. The molecular weight excluding hydrogens is 240 g/mol. The van der Waals surface area contributed by atoms with Crippen LogP contribution >= 0.6 is 11.8 Å². The summed E-state index contributed by atoms with van der Waals surface area (Å²) in [4.78, 5) is 12.2. The lowest BCUT2D eigenvalue weighted by Crippen LogP contribution is -2.16. The van der Waals surface area contributed by atoms with Crippen LogP contribution in [0.2, 0.25) is 0 Å². The predicted octanol–water partition coefficient (Wildman–Crippen LogP) is 1.20. The van der Waals surface area contributed by atoms with Crippen molar-refractivity contribution in [3.05, 3.63) is 0 Å². The maximum absolute atomic E-state index is 4.98. The van der Waals surface area contributed by atoms with Crippen molar-refractivity contribution < 1.29 is 9.47 Å². The van der Waals surface area contributed by atoms with Gasteiger partial charge in [-0.25, -0.2) is 0 Å². The van der Waals surface area contributed by atoms with Gasteiger partial charge < -0.3 is 14.8 Å². The molecule has 1 aromatic heterocycles. The summed E-state index contributed by atoms with van der Waals surface area (Å²) in [5.41, 5.74) is 0. The van der Waals surface area contributed by atoms with E-state index in [9.17, 15) is 0 Å². The van der Waals surface area contributed by atoms with Crippen LogP contribution in [0.4, 0.5) is 5.95 Å². The van der Waals surface area contributed by atoms with E-state index in [0.717, 1.165) is 6.54 Å². The predicted molar refractivity (Wildman–Crippen MR) is 66.9 cm³/mol. The first kappa shape index (κ1) is 12.2. The number of nitrogens with one attached hydrogen (secondary N) is 1. The monoisotopic (exact) mass is 256 g/mol. The maximum Gasteiger partial charge on any atom is 0.324 e. The van der Waals surface area contributed by atoms with Gasteiger partial charge in [-0.2, -0.15) is 21.7 Å². The van der Waals surface area contributed by atoms with Gasteiger partial charge in [0, 0.05) is 11.8 Å². The molecule has 0 bridgehead atoms. The van der Waals surface area contributed by atoms with Crippen LogP contribution in [0.1, 0.15) is 12.8 Å². The van der Waals surface area contributed by atoms with E-state index in [4.69, 9.17) is 9.47 Å². The van der Waals surface area contributed by atoms with E-state index in [1.54, 1.807) is 0 Å². The second-order valence-corrected chi connectivity index (χ2v) is 5.06. The lowest BCUT2D eigenvalue weighted by Gasteiger charge is -2.10. The third-order valence-electron chi connectivity index (χ3n) is 2.47. The van der Waals surface area contributed by atoms with Crippen molar-refractivity contribution in [2.45, 2.75) is 18.1 Å². The molecule has 1 atom stereocenters. The van der Waals surface area contributed by atoms with Crippen LogP contribution in [0.15, 0.2) is 0 Å². The topological polar surface area (TPSA) is 69.2 Å². The summed E-state index contributed by atoms with van der Waals surface area (Å²) in [6.07, 6.45) is 2.54. The third kappa shape index (κ3) is 3.36. The number of nitrogens with zero attached hydrogens (tertiary/aromatic N) is 3. The fraction of sp³-hybridized carbons (Fsp3) is 0.700. The highest BCUT2D eigenvalue weighted by Crippen LogP contribution is 2.26. The van der Waals surface area contributed by atoms with Gasteiger partial charge in [-0.05, 0) is 18.6 Å². The third-order valence-corrected chi connectivity index (χ3v) is 3.87. The highest BCUT2D eigenvalue weighted by molar-refractivity contribution is 8.00. The molecule has 1 unspecified atom stereocenters.